The number of hydrogen-bond acceptors (Lipinski definition) is 23. The highest BCUT2D eigenvalue weighted by Crippen LogP contribution is 2.47. The quantitative estimate of drug-likeness (QED) is 0.0172. The Labute approximate surface area is 588 Å². The number of carbonyl (C=O) groups excluding carboxylic acids is 7. The van der Waals surface area contributed by atoms with E-state index in [4.69, 9.17) is 18.9 Å². The molecule has 2 aliphatic carbocycles. The summed E-state index contributed by atoms with van der Waals surface area (Å²) in [4.78, 5) is 123. The largest absolute Gasteiger partial charge is 0.481 e. The van der Waals surface area contributed by atoms with E-state index < -0.39 is 170 Å². The fraction of sp³-hybridized carbons (Fsp3) is 0.576. The number of amides is 3. The van der Waals surface area contributed by atoms with Gasteiger partial charge < -0.3 is 55.1 Å². The first-order valence-electron chi connectivity index (χ1n) is 32.2. The van der Waals surface area contributed by atoms with Crippen LogP contribution in [0, 0.1) is 43.9 Å². The maximum absolute atomic E-state index is 14.2. The lowest BCUT2D eigenvalue weighted by molar-refractivity contribution is -0.388. The third-order valence-corrected chi connectivity index (χ3v) is 20.1. The molecule has 2 saturated heterocycles. The molecule has 100 heavy (non-hydrogen) atoms. The van der Waals surface area contributed by atoms with Gasteiger partial charge in [0.2, 0.25) is 37.8 Å². The number of aliphatic hydroxyl groups excluding tert-OH is 2. The minimum atomic E-state index is -4.47. The SMILES string of the molecule is C=CCCN(CC[C@H](CC(=O)OC(C)(C)C)C(=O)N1C[C@H](O)C[C@H]1C(=O)N[C@]1(C(=O)OCC)C[C@H]1C=C)S(=O)(=O)c1ccccc1[N+](=O)[O-].C=CCCN(CC[C@H](CC(=O)OC(C)(C)C)C(=O)O)S(=O)(=O)c1ccccc1[N+](=O)[O-].C=C[C@@H]1C[C@]1(NC(=O)[C@@H]1C[C@@H](O)CN1)C(=O)OCC.Cl. The van der Waals surface area contributed by atoms with Crippen LogP contribution in [0.5, 0.6) is 0 Å². The van der Waals surface area contributed by atoms with Crippen molar-refractivity contribution in [1.82, 2.24) is 29.5 Å². The van der Waals surface area contributed by atoms with Crippen LogP contribution >= 0.6 is 12.4 Å². The molecule has 2 saturated carbocycles. The minimum absolute atomic E-state index is 0. The molecule has 2 aliphatic heterocycles. The van der Waals surface area contributed by atoms with E-state index in [9.17, 15) is 90.7 Å². The summed E-state index contributed by atoms with van der Waals surface area (Å²) in [5.41, 5.74) is -5.20. The maximum atomic E-state index is 14.2. The lowest BCUT2D eigenvalue weighted by atomic mass is 9.98. The summed E-state index contributed by atoms with van der Waals surface area (Å²) in [6, 6.07) is 8.16. The van der Waals surface area contributed by atoms with Gasteiger partial charge in [0.15, 0.2) is 9.79 Å². The molecule has 4 aliphatic rings. The van der Waals surface area contributed by atoms with Crippen LogP contribution in [-0.2, 0) is 77.4 Å². The fourth-order valence-corrected chi connectivity index (χ4v) is 14.3. The number of rotatable bonds is 34. The zero-order valence-corrected chi connectivity index (χ0v) is 60.0. The van der Waals surface area contributed by atoms with E-state index in [1.807, 2.05) is 0 Å². The maximum Gasteiger partial charge on any atom is 0.332 e. The molecule has 0 aromatic heterocycles. The first-order valence-corrected chi connectivity index (χ1v) is 35.1. The van der Waals surface area contributed by atoms with Gasteiger partial charge in [-0.05, 0) is 112 Å². The molecule has 6 rings (SSSR count). The molecule has 31 nitrogen and oxygen atoms in total. The van der Waals surface area contributed by atoms with E-state index in [0.717, 1.165) is 37.8 Å². The number of likely N-dealkylation sites (tertiary alicyclic amines) is 1. The van der Waals surface area contributed by atoms with E-state index in [2.05, 4.69) is 42.3 Å². The molecule has 3 amide bonds. The minimum Gasteiger partial charge on any atom is -0.481 e. The molecule has 2 aromatic rings. The number of nitro groups is 2. The molecule has 0 spiro atoms. The van der Waals surface area contributed by atoms with Crippen molar-refractivity contribution >= 4 is 91.4 Å². The Morgan fingerprint density at radius 2 is 1.08 bits per heavy atom. The molecular formula is C66H95ClN8O23S2. The third-order valence-electron chi connectivity index (χ3n) is 16.2. The van der Waals surface area contributed by atoms with Gasteiger partial charge in [0, 0.05) is 75.6 Å². The van der Waals surface area contributed by atoms with Crippen molar-refractivity contribution in [2.24, 2.45) is 23.7 Å². The molecule has 6 N–H and O–H groups in total. The third kappa shape index (κ3) is 23.8. The highest BCUT2D eigenvalue weighted by atomic mass is 35.5. The summed E-state index contributed by atoms with van der Waals surface area (Å²) in [5.74, 6) is -8.34. The number of ether oxygens (including phenoxy) is 4. The van der Waals surface area contributed by atoms with Gasteiger partial charge in [0.25, 0.3) is 11.4 Å². The van der Waals surface area contributed by atoms with Gasteiger partial charge in [-0.25, -0.2) is 26.4 Å². The zero-order valence-electron chi connectivity index (χ0n) is 57.6. The Morgan fingerprint density at radius 3 is 1.44 bits per heavy atom. The van der Waals surface area contributed by atoms with Crippen molar-refractivity contribution in [2.75, 3.05) is 52.5 Å². The molecule has 0 bridgehead atoms. The van der Waals surface area contributed by atoms with Crippen molar-refractivity contribution in [3.05, 3.63) is 119 Å². The normalized spacial score (nSPS) is 22.0. The topological polar surface area (TPSA) is 435 Å². The van der Waals surface area contributed by atoms with Crippen LogP contribution in [0.15, 0.2) is 109 Å². The zero-order chi connectivity index (χ0) is 74.6. The van der Waals surface area contributed by atoms with E-state index >= 15 is 0 Å². The van der Waals surface area contributed by atoms with E-state index in [0.29, 0.717) is 19.4 Å². The fourth-order valence-electron chi connectivity index (χ4n) is 11.1. The summed E-state index contributed by atoms with van der Waals surface area (Å²) in [7, 11) is -8.76. The van der Waals surface area contributed by atoms with Crippen LogP contribution in [0.1, 0.15) is 120 Å². The predicted molar refractivity (Wildman–Crippen MR) is 366 cm³/mol. The second-order valence-corrected chi connectivity index (χ2v) is 29.8. The molecule has 556 valence electrons. The molecular weight excluding hydrogens is 1370 g/mol. The van der Waals surface area contributed by atoms with Gasteiger partial charge in [-0.2, -0.15) is 8.61 Å². The van der Waals surface area contributed by atoms with Crippen molar-refractivity contribution in [1.29, 1.82) is 0 Å². The van der Waals surface area contributed by atoms with E-state index in [1.54, 1.807) is 61.5 Å². The lowest BCUT2D eigenvalue weighted by Gasteiger charge is -2.30. The number of carbonyl (C=O) groups is 8. The monoisotopic (exact) mass is 1470 g/mol. The number of benzene rings is 2. The summed E-state index contributed by atoms with van der Waals surface area (Å²) >= 11 is 0. The van der Waals surface area contributed by atoms with E-state index in [1.165, 1.54) is 42.5 Å². The standard InChI is InChI=1S/C33H46N4O11S.C20H28N2O8S.C13H20N2O4.ClH/c1-7-10-16-35(49(45,46)27-14-12-11-13-25(27)37(43)44)17-15-22(18-28(39)48-32(4,5)6)30(41)36-21-24(38)19-26(36)29(40)34-33(20-23(33)8-2)31(42)47-9-3;1-5-6-12-21(31(28,29)17-10-8-7-9-16(17)22(26)27)13-11-15(19(24)25)14-18(23)30-20(2,3)4;1-3-8-6-13(8,12(18)19-4-2)15-11(17)10-5-9(16)7-14-10;/h7-8,11-14,22-24,26,38H,1-2,9-10,15-21H2,3-6H3,(H,34,40);5,7-10,15H,1,6,11-14H2,2-4H3,(H,24,25);3,8-10,14,16H,1,4-7H2,2H3,(H,15,17);1H/t22-,23-,24-,26+,33-;15-;8-,9-,10+,13-;/m111./s1. The number of nitro benzene ring substituents is 2. The Morgan fingerprint density at radius 1 is 0.670 bits per heavy atom. The Hall–Kier alpha value is -8.05. The molecule has 2 aromatic carbocycles. The number of halogens is 1. The van der Waals surface area contributed by atoms with Crippen LogP contribution in [0.4, 0.5) is 11.4 Å². The highest BCUT2D eigenvalue weighted by molar-refractivity contribution is 7.89. The average Bonchev–Trinajstić information content (AvgIpc) is 1.58. The Bertz CT molecular complexity index is 3550. The van der Waals surface area contributed by atoms with Gasteiger partial charge in [0.05, 0.1) is 60.1 Å². The second kappa shape index (κ2) is 37.6. The van der Waals surface area contributed by atoms with Gasteiger partial charge >= 0.3 is 29.8 Å². The van der Waals surface area contributed by atoms with Crippen molar-refractivity contribution in [3.63, 3.8) is 0 Å². The summed E-state index contributed by atoms with van der Waals surface area (Å²) < 4.78 is 76.5. The highest BCUT2D eigenvalue weighted by Gasteiger charge is 2.63. The van der Waals surface area contributed by atoms with Crippen LogP contribution in [0.2, 0.25) is 0 Å². The lowest BCUT2D eigenvalue weighted by Crippen LogP contribution is -2.54. The van der Waals surface area contributed by atoms with Gasteiger partial charge in [-0.15, -0.1) is 38.7 Å². The number of aliphatic hydroxyl groups is 2. The number of para-hydroxylation sites is 2. The number of sulfonamides is 2. The number of β-amino-alcohol motifs (C(OH)–C–C–N with tert-alkyl or cyclic N) is 2. The number of nitrogens with zero attached hydrogens (tertiary/aromatic N) is 5. The number of hydrogen-bond donors (Lipinski definition) is 6. The molecule has 10 atom stereocenters. The van der Waals surface area contributed by atoms with Gasteiger partial charge in [0.1, 0.15) is 28.3 Å². The summed E-state index contributed by atoms with van der Waals surface area (Å²) in [6.07, 6.45) is 4.64. The summed E-state index contributed by atoms with van der Waals surface area (Å²) in [5, 5.41) is 60.8. The first kappa shape index (κ1) is 86.2. The summed E-state index contributed by atoms with van der Waals surface area (Å²) in [6.45, 7) is 27.5. The predicted octanol–water partition coefficient (Wildman–Crippen LogP) is 5.22. The molecule has 0 unspecified atom stereocenters. The first-order chi connectivity index (χ1) is 46.2. The molecule has 0 radical (unpaired) electrons. The Kier molecular flexibility index (Phi) is 32.4. The number of esters is 4. The van der Waals surface area contributed by atoms with Crippen molar-refractivity contribution in [3.8, 4) is 0 Å². The number of nitrogens with one attached hydrogen (secondary N) is 3. The average molecular weight is 1470 g/mol. The van der Waals surface area contributed by atoms with Crippen LogP contribution in [-0.4, -0.2) is 202 Å². The molecule has 2 heterocycles. The van der Waals surface area contributed by atoms with Crippen molar-refractivity contribution < 1.29 is 99.3 Å². The smallest absolute Gasteiger partial charge is 0.332 e. The number of carboxylic acids is 1. The van der Waals surface area contributed by atoms with Crippen LogP contribution < -0.4 is 16.0 Å². The Balaban J connectivity index is 0.000000433. The second-order valence-electron chi connectivity index (χ2n) is 26.0. The van der Waals surface area contributed by atoms with Gasteiger partial charge in [-0.3, -0.25) is 49.0 Å². The number of carboxylic acid groups (broad SMARTS) is 1. The van der Waals surface area contributed by atoms with Crippen molar-refractivity contribution in [2.45, 2.75) is 176 Å². The van der Waals surface area contributed by atoms with Crippen LogP contribution in [0.3, 0.4) is 0 Å². The molecule has 34 heteroatoms. The van der Waals surface area contributed by atoms with E-state index in [-0.39, 0.29) is 109 Å². The van der Waals surface area contributed by atoms with Crippen LogP contribution in [0.25, 0.3) is 0 Å². The number of aliphatic carboxylic acids is 1. The molecule has 4 fully saturated rings. The van der Waals surface area contributed by atoms with Gasteiger partial charge in [-0.1, -0.05) is 48.6 Å².